The van der Waals surface area contributed by atoms with Crippen LogP contribution in [0.1, 0.15) is 43.0 Å². The predicted octanol–water partition coefficient (Wildman–Crippen LogP) is 6.16. The van der Waals surface area contributed by atoms with Gasteiger partial charge in [0.15, 0.2) is 6.61 Å². The molecule has 33 heavy (non-hydrogen) atoms. The molecule has 3 aromatic carbocycles. The zero-order valence-corrected chi connectivity index (χ0v) is 21.5. The first-order valence-corrected chi connectivity index (χ1v) is 12.4. The molecule has 8 heteroatoms. The highest BCUT2D eigenvalue weighted by atomic mass is 79.9. The highest BCUT2D eigenvalue weighted by Crippen LogP contribution is 2.34. The molecule has 0 fully saturated rings. The van der Waals surface area contributed by atoms with Gasteiger partial charge in [0.2, 0.25) is 0 Å². The Labute approximate surface area is 210 Å². The maximum atomic E-state index is 12.5. The van der Waals surface area contributed by atoms with E-state index in [2.05, 4.69) is 49.6 Å². The minimum atomic E-state index is -0.482. The lowest BCUT2D eigenvalue weighted by molar-refractivity contribution is -0.123. The number of unbranched alkanes of at least 4 members (excludes halogenated alkanes) is 3. The lowest BCUT2D eigenvalue weighted by Crippen LogP contribution is -2.44. The fourth-order valence-electron chi connectivity index (χ4n) is 3.22. The van der Waals surface area contributed by atoms with E-state index in [9.17, 15) is 9.59 Å². The molecule has 0 heterocycles. The Morgan fingerprint density at radius 1 is 0.879 bits per heavy atom. The van der Waals surface area contributed by atoms with Gasteiger partial charge in [-0.1, -0.05) is 66.4 Å². The molecule has 0 aromatic heterocycles. The Morgan fingerprint density at radius 2 is 1.70 bits per heavy atom. The van der Waals surface area contributed by atoms with E-state index in [1.54, 1.807) is 24.3 Å². The van der Waals surface area contributed by atoms with E-state index in [0.29, 0.717) is 23.7 Å². The van der Waals surface area contributed by atoms with Crippen molar-refractivity contribution in [2.45, 2.75) is 32.6 Å². The van der Waals surface area contributed by atoms with Crippen LogP contribution in [0.5, 0.6) is 11.5 Å². The molecule has 174 valence electrons. The van der Waals surface area contributed by atoms with E-state index in [4.69, 9.17) is 9.47 Å². The van der Waals surface area contributed by atoms with E-state index in [-0.39, 0.29) is 6.61 Å². The number of nitrogens with one attached hydrogen (secondary N) is 2. The predicted molar refractivity (Wildman–Crippen MR) is 137 cm³/mol. The van der Waals surface area contributed by atoms with Crippen LogP contribution in [-0.2, 0) is 4.79 Å². The lowest BCUT2D eigenvalue weighted by Gasteiger charge is -2.13. The van der Waals surface area contributed by atoms with Crippen LogP contribution in [0.3, 0.4) is 0 Å². The second kappa shape index (κ2) is 12.6. The third-order valence-electron chi connectivity index (χ3n) is 4.94. The van der Waals surface area contributed by atoms with Crippen molar-refractivity contribution in [3.05, 3.63) is 69.1 Å². The molecular formula is C25H26Br2N2O4. The number of amides is 2. The Bertz CT molecular complexity index is 1120. The Kier molecular flexibility index (Phi) is 9.57. The van der Waals surface area contributed by atoms with Gasteiger partial charge < -0.3 is 9.47 Å². The number of halogens is 2. The van der Waals surface area contributed by atoms with Crippen LogP contribution in [0.4, 0.5) is 0 Å². The molecule has 2 amide bonds. The molecule has 0 saturated heterocycles. The van der Waals surface area contributed by atoms with Crippen molar-refractivity contribution >= 4 is 54.4 Å². The molecule has 2 N–H and O–H groups in total. The number of hydrogen-bond donors (Lipinski definition) is 2. The van der Waals surface area contributed by atoms with E-state index in [1.165, 1.54) is 0 Å². The number of hydrazine groups is 1. The summed E-state index contributed by atoms with van der Waals surface area (Å²) in [4.78, 5) is 24.8. The Morgan fingerprint density at radius 3 is 2.52 bits per heavy atom. The first-order valence-electron chi connectivity index (χ1n) is 10.8. The third-order valence-corrected chi connectivity index (χ3v) is 6.25. The quantitative estimate of drug-likeness (QED) is 0.223. The molecule has 0 spiro atoms. The van der Waals surface area contributed by atoms with Crippen LogP contribution < -0.4 is 20.3 Å². The zero-order chi connectivity index (χ0) is 23.6. The number of para-hydroxylation sites is 1. The molecule has 0 aliphatic rings. The minimum absolute atomic E-state index is 0.253. The molecule has 3 rings (SSSR count). The summed E-state index contributed by atoms with van der Waals surface area (Å²) in [6, 6.07) is 16.6. The number of carbonyl (C=O) groups excluding carboxylic acids is 2. The van der Waals surface area contributed by atoms with Crippen LogP contribution in [0.2, 0.25) is 0 Å². The van der Waals surface area contributed by atoms with Gasteiger partial charge >= 0.3 is 0 Å². The van der Waals surface area contributed by atoms with Gasteiger partial charge in [0.25, 0.3) is 11.8 Å². The summed E-state index contributed by atoms with van der Waals surface area (Å²) in [5.74, 6) is 0.0888. The third kappa shape index (κ3) is 7.20. The van der Waals surface area contributed by atoms with Crippen LogP contribution in [0, 0.1) is 0 Å². The molecule has 3 aromatic rings. The highest BCUT2D eigenvalue weighted by molar-refractivity contribution is 9.11. The van der Waals surface area contributed by atoms with Gasteiger partial charge in [-0.15, -0.1) is 0 Å². The van der Waals surface area contributed by atoms with E-state index in [1.807, 2.05) is 30.3 Å². The monoisotopic (exact) mass is 576 g/mol. The second-order valence-corrected chi connectivity index (χ2v) is 9.15. The molecule has 0 atom stereocenters. The summed E-state index contributed by atoms with van der Waals surface area (Å²) >= 11 is 6.99. The summed E-state index contributed by atoms with van der Waals surface area (Å²) in [5, 5.41) is 2.00. The van der Waals surface area contributed by atoms with Crippen molar-refractivity contribution < 1.29 is 19.1 Å². The van der Waals surface area contributed by atoms with Crippen molar-refractivity contribution in [3.8, 4) is 11.5 Å². The summed E-state index contributed by atoms with van der Waals surface area (Å²) in [6.45, 7) is 2.44. The number of carbonyl (C=O) groups is 2. The SMILES string of the molecule is CCCCCCOc1ccccc1C(=O)NNC(=O)COc1ccc2cc(Br)ccc2c1Br. The summed E-state index contributed by atoms with van der Waals surface area (Å²) in [7, 11) is 0. The molecular weight excluding hydrogens is 552 g/mol. The first kappa shape index (κ1) is 25.1. The van der Waals surface area contributed by atoms with Gasteiger partial charge in [-0.05, 0) is 63.5 Å². The molecule has 0 aliphatic heterocycles. The molecule has 6 nitrogen and oxygen atoms in total. The number of hydrogen-bond acceptors (Lipinski definition) is 4. The molecule has 0 aliphatic carbocycles. The molecule has 0 unspecified atom stereocenters. The average Bonchev–Trinajstić information content (AvgIpc) is 2.82. The fraction of sp³-hybridized carbons (Fsp3) is 0.280. The topological polar surface area (TPSA) is 76.7 Å². The van der Waals surface area contributed by atoms with Crippen molar-refractivity contribution in [2.24, 2.45) is 0 Å². The first-order chi connectivity index (χ1) is 16.0. The van der Waals surface area contributed by atoms with Crippen LogP contribution in [0.25, 0.3) is 10.8 Å². The summed E-state index contributed by atoms with van der Waals surface area (Å²) < 4.78 is 13.1. The zero-order valence-electron chi connectivity index (χ0n) is 18.3. The number of rotatable bonds is 10. The molecule has 0 saturated carbocycles. The van der Waals surface area contributed by atoms with Gasteiger partial charge in [0.05, 0.1) is 16.6 Å². The summed E-state index contributed by atoms with van der Waals surface area (Å²) in [5.41, 5.74) is 5.17. The Hall–Kier alpha value is -2.58. The maximum Gasteiger partial charge on any atom is 0.276 e. The number of ether oxygens (including phenoxy) is 2. The van der Waals surface area contributed by atoms with Crippen molar-refractivity contribution in [1.82, 2.24) is 10.9 Å². The van der Waals surface area contributed by atoms with E-state index in [0.717, 1.165) is 45.4 Å². The van der Waals surface area contributed by atoms with Gasteiger partial charge in [-0.25, -0.2) is 0 Å². The van der Waals surface area contributed by atoms with Gasteiger partial charge in [-0.2, -0.15) is 0 Å². The smallest absolute Gasteiger partial charge is 0.276 e. The second-order valence-electron chi connectivity index (χ2n) is 7.44. The minimum Gasteiger partial charge on any atom is -0.493 e. The van der Waals surface area contributed by atoms with Crippen LogP contribution >= 0.6 is 31.9 Å². The van der Waals surface area contributed by atoms with Gasteiger partial charge in [0.1, 0.15) is 11.5 Å². The summed E-state index contributed by atoms with van der Waals surface area (Å²) in [6.07, 6.45) is 4.33. The van der Waals surface area contributed by atoms with Crippen LogP contribution in [-0.4, -0.2) is 25.0 Å². The largest absolute Gasteiger partial charge is 0.493 e. The normalized spacial score (nSPS) is 10.6. The van der Waals surface area contributed by atoms with Crippen molar-refractivity contribution in [1.29, 1.82) is 0 Å². The molecule has 0 radical (unpaired) electrons. The van der Waals surface area contributed by atoms with E-state index < -0.39 is 11.8 Å². The Balaban J connectivity index is 1.51. The number of fused-ring (bicyclic) bond motifs is 1. The maximum absolute atomic E-state index is 12.5. The van der Waals surface area contributed by atoms with Crippen LogP contribution in [0.15, 0.2) is 63.5 Å². The van der Waals surface area contributed by atoms with Gasteiger partial charge in [-0.3, -0.25) is 20.4 Å². The average molecular weight is 578 g/mol. The number of benzene rings is 3. The lowest BCUT2D eigenvalue weighted by atomic mass is 10.1. The standard InChI is InChI=1S/C25H26Br2N2O4/c1-2-3-4-7-14-32-21-9-6-5-8-20(21)25(31)29-28-23(30)16-33-22-13-10-17-15-18(26)11-12-19(17)24(22)27/h5-6,8-13,15H,2-4,7,14,16H2,1H3,(H,28,30)(H,29,31). The van der Waals surface area contributed by atoms with Gasteiger partial charge in [0, 0.05) is 4.47 Å². The van der Waals surface area contributed by atoms with E-state index >= 15 is 0 Å². The fourth-order valence-corrected chi connectivity index (χ4v) is 4.20. The highest BCUT2D eigenvalue weighted by Gasteiger charge is 2.14. The van der Waals surface area contributed by atoms with Crippen molar-refractivity contribution in [3.63, 3.8) is 0 Å². The molecule has 0 bridgehead atoms. The van der Waals surface area contributed by atoms with Crippen molar-refractivity contribution in [2.75, 3.05) is 13.2 Å².